The van der Waals surface area contributed by atoms with Gasteiger partial charge in [0.05, 0.1) is 6.04 Å². The van der Waals surface area contributed by atoms with Gasteiger partial charge < -0.3 is 5.32 Å². The second-order valence-corrected chi connectivity index (χ2v) is 5.60. The molecule has 1 atom stereocenters. The molecule has 2 rings (SSSR count). The molecular formula is C16H15Cl2F2N. The van der Waals surface area contributed by atoms with Gasteiger partial charge in [0.15, 0.2) is 11.6 Å². The molecule has 21 heavy (non-hydrogen) atoms. The van der Waals surface area contributed by atoms with E-state index in [1.807, 2.05) is 26.0 Å². The van der Waals surface area contributed by atoms with Crippen molar-refractivity contribution in [3.05, 3.63) is 68.7 Å². The topological polar surface area (TPSA) is 12.0 Å². The van der Waals surface area contributed by atoms with Crippen molar-refractivity contribution >= 4 is 23.2 Å². The summed E-state index contributed by atoms with van der Waals surface area (Å²) in [5, 5.41) is 4.08. The van der Waals surface area contributed by atoms with Gasteiger partial charge in [0.2, 0.25) is 0 Å². The molecule has 1 N–H and O–H groups in total. The van der Waals surface area contributed by atoms with Crippen molar-refractivity contribution in [2.24, 2.45) is 0 Å². The van der Waals surface area contributed by atoms with Crippen LogP contribution in [0.2, 0.25) is 10.0 Å². The van der Waals surface area contributed by atoms with Gasteiger partial charge in [-0.3, -0.25) is 0 Å². The van der Waals surface area contributed by atoms with Crippen molar-refractivity contribution in [2.45, 2.75) is 19.9 Å². The lowest BCUT2D eigenvalue weighted by Crippen LogP contribution is -2.22. The number of hydrogen-bond donors (Lipinski definition) is 1. The van der Waals surface area contributed by atoms with Crippen molar-refractivity contribution in [1.29, 1.82) is 0 Å². The zero-order chi connectivity index (χ0) is 15.6. The number of hydrogen-bond acceptors (Lipinski definition) is 1. The van der Waals surface area contributed by atoms with E-state index in [1.165, 1.54) is 0 Å². The van der Waals surface area contributed by atoms with E-state index in [9.17, 15) is 8.78 Å². The third-order valence-corrected chi connectivity index (χ3v) is 4.03. The molecule has 0 spiro atoms. The van der Waals surface area contributed by atoms with E-state index < -0.39 is 11.6 Å². The molecular weight excluding hydrogens is 315 g/mol. The van der Waals surface area contributed by atoms with Crippen molar-refractivity contribution < 1.29 is 8.78 Å². The van der Waals surface area contributed by atoms with Gasteiger partial charge in [-0.2, -0.15) is 0 Å². The summed E-state index contributed by atoms with van der Waals surface area (Å²) in [4.78, 5) is 0. The summed E-state index contributed by atoms with van der Waals surface area (Å²) in [5.74, 6) is -1.87. The fourth-order valence-corrected chi connectivity index (χ4v) is 2.60. The quantitative estimate of drug-likeness (QED) is 0.752. The second-order valence-electron chi connectivity index (χ2n) is 4.79. The summed E-state index contributed by atoms with van der Waals surface area (Å²) in [7, 11) is 0. The van der Waals surface area contributed by atoms with Gasteiger partial charge in [0, 0.05) is 10.0 Å². The Kier molecular flexibility index (Phi) is 5.20. The molecule has 0 aromatic heterocycles. The summed E-state index contributed by atoms with van der Waals surface area (Å²) < 4.78 is 26.8. The van der Waals surface area contributed by atoms with Crippen LogP contribution in [0, 0.1) is 18.6 Å². The maximum absolute atomic E-state index is 13.5. The number of halogens is 4. The van der Waals surface area contributed by atoms with Crippen LogP contribution in [0.4, 0.5) is 8.78 Å². The highest BCUT2D eigenvalue weighted by molar-refractivity contribution is 6.31. The van der Waals surface area contributed by atoms with Crippen LogP contribution in [0.5, 0.6) is 0 Å². The zero-order valence-corrected chi connectivity index (χ0v) is 13.2. The third-order valence-electron chi connectivity index (χ3n) is 3.27. The van der Waals surface area contributed by atoms with Crippen LogP contribution >= 0.6 is 23.2 Å². The second kappa shape index (κ2) is 6.73. The minimum atomic E-state index is -0.953. The Balaban J connectivity index is 2.52. The molecule has 1 nitrogen and oxygen atoms in total. The van der Waals surface area contributed by atoms with E-state index in [2.05, 4.69) is 5.32 Å². The highest BCUT2D eigenvalue weighted by atomic mass is 35.5. The SMILES string of the molecule is CCNC(c1ccc(Cl)c(C)c1)c1cc(F)c(F)cc1Cl. The van der Waals surface area contributed by atoms with Gasteiger partial charge in [-0.25, -0.2) is 8.78 Å². The maximum atomic E-state index is 13.5. The summed E-state index contributed by atoms with van der Waals surface area (Å²) in [6.45, 7) is 4.48. The molecule has 0 fully saturated rings. The van der Waals surface area contributed by atoms with Gasteiger partial charge in [-0.05, 0) is 48.4 Å². The zero-order valence-electron chi connectivity index (χ0n) is 11.7. The number of nitrogens with one attached hydrogen (secondary N) is 1. The minimum absolute atomic E-state index is 0.187. The van der Waals surface area contributed by atoms with E-state index >= 15 is 0 Å². The molecule has 0 aliphatic carbocycles. The number of aryl methyl sites for hydroxylation is 1. The molecule has 1 unspecified atom stereocenters. The van der Waals surface area contributed by atoms with Crippen LogP contribution in [0.25, 0.3) is 0 Å². The van der Waals surface area contributed by atoms with Crippen LogP contribution in [0.3, 0.4) is 0 Å². The van der Waals surface area contributed by atoms with Crippen molar-refractivity contribution in [3.63, 3.8) is 0 Å². The van der Waals surface area contributed by atoms with Crippen LogP contribution in [0.1, 0.15) is 29.7 Å². The average Bonchev–Trinajstić information content (AvgIpc) is 2.44. The molecule has 0 heterocycles. The van der Waals surface area contributed by atoms with E-state index in [4.69, 9.17) is 23.2 Å². The Morgan fingerprint density at radius 3 is 2.33 bits per heavy atom. The Morgan fingerprint density at radius 1 is 1.05 bits per heavy atom. The molecule has 0 aliphatic rings. The van der Waals surface area contributed by atoms with Crippen LogP contribution in [0.15, 0.2) is 30.3 Å². The first-order valence-corrected chi connectivity index (χ1v) is 7.33. The number of benzene rings is 2. The molecule has 112 valence electrons. The van der Waals surface area contributed by atoms with E-state index in [0.717, 1.165) is 23.3 Å². The van der Waals surface area contributed by atoms with Gasteiger partial charge >= 0.3 is 0 Å². The fraction of sp³-hybridized carbons (Fsp3) is 0.250. The molecule has 0 amide bonds. The molecule has 0 radical (unpaired) electrons. The first kappa shape index (κ1) is 16.2. The highest BCUT2D eigenvalue weighted by Crippen LogP contribution is 2.31. The largest absolute Gasteiger partial charge is 0.306 e. The van der Waals surface area contributed by atoms with E-state index in [-0.39, 0.29) is 11.1 Å². The van der Waals surface area contributed by atoms with Crippen LogP contribution in [-0.2, 0) is 0 Å². The van der Waals surface area contributed by atoms with Crippen LogP contribution < -0.4 is 5.32 Å². The molecule has 0 aliphatic heterocycles. The monoisotopic (exact) mass is 329 g/mol. The van der Waals surface area contributed by atoms with Gasteiger partial charge in [0.1, 0.15) is 0 Å². The molecule has 2 aromatic rings. The molecule has 0 saturated heterocycles. The fourth-order valence-electron chi connectivity index (χ4n) is 2.22. The first-order chi connectivity index (χ1) is 9.93. The minimum Gasteiger partial charge on any atom is -0.306 e. The molecule has 5 heteroatoms. The standard InChI is InChI=1S/C16H15Cl2F2N/c1-3-21-16(10-4-5-12(17)9(2)6-10)11-7-14(19)15(20)8-13(11)18/h4-8,16,21H,3H2,1-2H3. The van der Waals surface area contributed by atoms with E-state index in [0.29, 0.717) is 17.1 Å². The van der Waals surface area contributed by atoms with Crippen molar-refractivity contribution in [1.82, 2.24) is 5.32 Å². The van der Waals surface area contributed by atoms with Gasteiger partial charge in [0.25, 0.3) is 0 Å². The summed E-state index contributed by atoms with van der Waals surface area (Å²) in [6, 6.07) is 7.35. The Hall–Kier alpha value is -1.16. The lowest BCUT2D eigenvalue weighted by atomic mass is 9.97. The number of rotatable bonds is 4. The predicted octanol–water partition coefficient (Wildman–Crippen LogP) is 5.28. The Bertz CT molecular complexity index is 659. The normalized spacial score (nSPS) is 12.5. The average molecular weight is 330 g/mol. The third kappa shape index (κ3) is 3.54. The Morgan fingerprint density at radius 2 is 1.71 bits per heavy atom. The summed E-state index contributed by atoms with van der Waals surface area (Å²) >= 11 is 12.1. The van der Waals surface area contributed by atoms with Gasteiger partial charge in [-0.15, -0.1) is 0 Å². The first-order valence-electron chi connectivity index (χ1n) is 6.58. The predicted molar refractivity (Wildman–Crippen MR) is 83.1 cm³/mol. The lowest BCUT2D eigenvalue weighted by Gasteiger charge is -2.21. The summed E-state index contributed by atoms with van der Waals surface area (Å²) in [5.41, 5.74) is 2.31. The molecule has 2 aromatic carbocycles. The van der Waals surface area contributed by atoms with Crippen molar-refractivity contribution in [2.75, 3.05) is 6.54 Å². The summed E-state index contributed by atoms with van der Waals surface area (Å²) in [6.07, 6.45) is 0. The van der Waals surface area contributed by atoms with Gasteiger partial charge in [-0.1, -0.05) is 42.3 Å². The van der Waals surface area contributed by atoms with Crippen molar-refractivity contribution in [3.8, 4) is 0 Å². The smallest absolute Gasteiger partial charge is 0.160 e. The van der Waals surface area contributed by atoms with E-state index in [1.54, 1.807) is 6.07 Å². The Labute approximate surface area is 132 Å². The van der Waals surface area contributed by atoms with Crippen LogP contribution in [-0.4, -0.2) is 6.54 Å². The maximum Gasteiger partial charge on any atom is 0.160 e. The lowest BCUT2D eigenvalue weighted by molar-refractivity contribution is 0.504. The molecule has 0 saturated carbocycles. The highest BCUT2D eigenvalue weighted by Gasteiger charge is 2.19. The molecule has 0 bridgehead atoms.